The molecular weight excluding hydrogens is 202 g/mol. The summed E-state index contributed by atoms with van der Waals surface area (Å²) in [5.74, 6) is -0.0896. The maximum absolute atomic E-state index is 11.7. The summed E-state index contributed by atoms with van der Waals surface area (Å²) in [4.78, 5) is 20.2. The highest BCUT2D eigenvalue weighted by Crippen LogP contribution is 2.19. The third kappa shape index (κ3) is 1.74. The monoisotopic (exact) mass is 213 g/mol. The molecule has 1 N–H and O–H groups in total. The molecule has 0 aliphatic heterocycles. The summed E-state index contributed by atoms with van der Waals surface area (Å²) in [6.07, 6.45) is 3.88. The number of amides is 1. The van der Waals surface area contributed by atoms with Crippen molar-refractivity contribution >= 4 is 16.9 Å². The molecule has 3 rings (SSSR count). The molecule has 4 nitrogen and oxygen atoms in total. The van der Waals surface area contributed by atoms with Gasteiger partial charge in [-0.2, -0.15) is 0 Å². The van der Waals surface area contributed by atoms with Crippen LogP contribution in [0.15, 0.2) is 30.5 Å². The maximum Gasteiger partial charge on any atom is 0.270 e. The van der Waals surface area contributed by atoms with Crippen molar-refractivity contribution in [2.45, 2.75) is 18.9 Å². The molecule has 1 saturated carbocycles. The highest BCUT2D eigenvalue weighted by molar-refractivity contribution is 5.94. The SMILES string of the molecule is O=C(NC1CC1)c1ccc2ncccc2n1. The third-order valence-electron chi connectivity index (χ3n) is 2.60. The number of hydrogen-bond donors (Lipinski definition) is 1. The van der Waals surface area contributed by atoms with Crippen LogP contribution in [0, 0.1) is 0 Å². The molecule has 16 heavy (non-hydrogen) atoms. The Balaban J connectivity index is 1.94. The van der Waals surface area contributed by atoms with Gasteiger partial charge >= 0.3 is 0 Å². The Labute approximate surface area is 92.7 Å². The highest BCUT2D eigenvalue weighted by atomic mass is 16.2. The van der Waals surface area contributed by atoms with E-state index in [1.165, 1.54) is 0 Å². The van der Waals surface area contributed by atoms with Crippen LogP contribution in [0.5, 0.6) is 0 Å². The molecule has 2 heterocycles. The molecule has 1 aliphatic carbocycles. The fourth-order valence-corrected chi connectivity index (χ4v) is 1.57. The standard InChI is InChI=1S/C12H11N3O/c16-12(14-8-3-4-8)11-6-5-9-10(15-11)2-1-7-13-9/h1-2,5-8H,3-4H2,(H,14,16). The van der Waals surface area contributed by atoms with Crippen molar-refractivity contribution in [3.63, 3.8) is 0 Å². The van der Waals surface area contributed by atoms with E-state index >= 15 is 0 Å². The molecule has 2 aromatic rings. The van der Waals surface area contributed by atoms with Crippen LogP contribution in [-0.4, -0.2) is 21.9 Å². The molecule has 0 aromatic carbocycles. The van der Waals surface area contributed by atoms with Crippen LogP contribution in [0.3, 0.4) is 0 Å². The van der Waals surface area contributed by atoms with E-state index in [2.05, 4.69) is 15.3 Å². The quantitative estimate of drug-likeness (QED) is 0.822. The van der Waals surface area contributed by atoms with Gasteiger partial charge in [-0.15, -0.1) is 0 Å². The molecule has 0 saturated heterocycles. The van der Waals surface area contributed by atoms with Crippen molar-refractivity contribution in [2.75, 3.05) is 0 Å². The van der Waals surface area contributed by atoms with Gasteiger partial charge in [-0.3, -0.25) is 9.78 Å². The molecule has 0 atom stereocenters. The van der Waals surface area contributed by atoms with Crippen molar-refractivity contribution < 1.29 is 4.79 Å². The lowest BCUT2D eigenvalue weighted by atomic mass is 10.2. The van der Waals surface area contributed by atoms with Gasteiger partial charge in [-0.25, -0.2) is 4.98 Å². The zero-order valence-corrected chi connectivity index (χ0v) is 8.68. The van der Waals surface area contributed by atoms with Gasteiger partial charge in [0.25, 0.3) is 5.91 Å². The van der Waals surface area contributed by atoms with Gasteiger partial charge in [0.1, 0.15) is 5.69 Å². The number of nitrogens with one attached hydrogen (secondary N) is 1. The summed E-state index contributed by atoms with van der Waals surface area (Å²) < 4.78 is 0. The Bertz CT molecular complexity index is 549. The minimum atomic E-state index is -0.0896. The molecule has 4 heteroatoms. The Morgan fingerprint density at radius 3 is 2.94 bits per heavy atom. The minimum Gasteiger partial charge on any atom is -0.348 e. The molecule has 2 aromatic heterocycles. The number of fused-ring (bicyclic) bond motifs is 1. The van der Waals surface area contributed by atoms with Gasteiger partial charge in [0.15, 0.2) is 0 Å². The van der Waals surface area contributed by atoms with Crippen molar-refractivity contribution in [1.29, 1.82) is 0 Å². The van der Waals surface area contributed by atoms with Gasteiger partial charge in [-0.05, 0) is 37.1 Å². The predicted molar refractivity (Wildman–Crippen MR) is 60.0 cm³/mol. The van der Waals surface area contributed by atoms with E-state index in [9.17, 15) is 4.79 Å². The number of pyridine rings is 2. The van der Waals surface area contributed by atoms with Crippen LogP contribution in [0.4, 0.5) is 0 Å². The number of carbonyl (C=O) groups excluding carboxylic acids is 1. The summed E-state index contributed by atoms with van der Waals surface area (Å²) in [5.41, 5.74) is 2.03. The zero-order chi connectivity index (χ0) is 11.0. The molecule has 0 spiro atoms. The lowest BCUT2D eigenvalue weighted by molar-refractivity contribution is 0.0946. The minimum absolute atomic E-state index is 0.0896. The summed E-state index contributed by atoms with van der Waals surface area (Å²) in [7, 11) is 0. The van der Waals surface area contributed by atoms with Crippen LogP contribution in [-0.2, 0) is 0 Å². The molecule has 1 aliphatic rings. The normalized spacial score (nSPS) is 15.0. The third-order valence-corrected chi connectivity index (χ3v) is 2.60. The van der Waals surface area contributed by atoms with Crippen LogP contribution < -0.4 is 5.32 Å². The van der Waals surface area contributed by atoms with Gasteiger partial charge in [0.05, 0.1) is 11.0 Å². The fraction of sp³-hybridized carbons (Fsp3) is 0.250. The predicted octanol–water partition coefficient (Wildman–Crippen LogP) is 1.52. The summed E-state index contributed by atoms with van der Waals surface area (Å²) >= 11 is 0. The molecule has 0 radical (unpaired) electrons. The molecule has 0 bridgehead atoms. The van der Waals surface area contributed by atoms with E-state index in [1.807, 2.05) is 18.2 Å². The second kappa shape index (κ2) is 3.56. The first-order valence-electron chi connectivity index (χ1n) is 5.35. The summed E-state index contributed by atoms with van der Waals surface area (Å²) in [5, 5.41) is 2.91. The maximum atomic E-state index is 11.7. The lowest BCUT2D eigenvalue weighted by Crippen LogP contribution is -2.26. The van der Waals surface area contributed by atoms with Gasteiger partial charge < -0.3 is 5.32 Å². The molecule has 0 unspecified atom stereocenters. The Morgan fingerprint density at radius 2 is 2.12 bits per heavy atom. The van der Waals surface area contributed by atoms with E-state index in [1.54, 1.807) is 12.3 Å². The fourth-order valence-electron chi connectivity index (χ4n) is 1.57. The second-order valence-corrected chi connectivity index (χ2v) is 3.99. The first-order valence-corrected chi connectivity index (χ1v) is 5.35. The van der Waals surface area contributed by atoms with Gasteiger partial charge in [0.2, 0.25) is 0 Å². The van der Waals surface area contributed by atoms with E-state index in [-0.39, 0.29) is 5.91 Å². The topological polar surface area (TPSA) is 54.9 Å². The van der Waals surface area contributed by atoms with E-state index in [0.717, 1.165) is 23.9 Å². The highest BCUT2D eigenvalue weighted by Gasteiger charge is 2.24. The average molecular weight is 213 g/mol. The number of nitrogens with zero attached hydrogens (tertiary/aromatic N) is 2. The largest absolute Gasteiger partial charge is 0.348 e. The smallest absolute Gasteiger partial charge is 0.270 e. The lowest BCUT2D eigenvalue weighted by Gasteiger charge is -2.03. The zero-order valence-electron chi connectivity index (χ0n) is 8.68. The molecule has 80 valence electrons. The number of hydrogen-bond acceptors (Lipinski definition) is 3. The van der Waals surface area contributed by atoms with E-state index in [4.69, 9.17) is 0 Å². The number of rotatable bonds is 2. The van der Waals surface area contributed by atoms with Crippen molar-refractivity contribution in [2.24, 2.45) is 0 Å². The van der Waals surface area contributed by atoms with Gasteiger partial charge in [0, 0.05) is 12.2 Å². The van der Waals surface area contributed by atoms with E-state index < -0.39 is 0 Å². The van der Waals surface area contributed by atoms with Crippen molar-refractivity contribution in [1.82, 2.24) is 15.3 Å². The van der Waals surface area contributed by atoms with Crippen LogP contribution >= 0.6 is 0 Å². The Morgan fingerprint density at radius 1 is 1.25 bits per heavy atom. The summed E-state index contributed by atoms with van der Waals surface area (Å²) in [6.45, 7) is 0. The van der Waals surface area contributed by atoms with Crippen LogP contribution in [0.2, 0.25) is 0 Å². The molecule has 1 amide bonds. The van der Waals surface area contributed by atoms with Crippen molar-refractivity contribution in [3.8, 4) is 0 Å². The van der Waals surface area contributed by atoms with E-state index in [0.29, 0.717) is 11.7 Å². The molecule has 1 fully saturated rings. The Hall–Kier alpha value is -1.97. The Kier molecular flexibility index (Phi) is 2.06. The van der Waals surface area contributed by atoms with Crippen LogP contribution in [0.25, 0.3) is 11.0 Å². The first kappa shape index (κ1) is 9.27. The molecular formula is C12H11N3O. The number of carbonyl (C=O) groups is 1. The summed E-state index contributed by atoms with van der Waals surface area (Å²) in [6, 6.07) is 7.57. The van der Waals surface area contributed by atoms with Gasteiger partial charge in [-0.1, -0.05) is 0 Å². The second-order valence-electron chi connectivity index (χ2n) is 3.99. The first-order chi connectivity index (χ1) is 7.83. The number of aromatic nitrogens is 2. The van der Waals surface area contributed by atoms with Crippen molar-refractivity contribution in [3.05, 3.63) is 36.2 Å². The van der Waals surface area contributed by atoms with Crippen LogP contribution in [0.1, 0.15) is 23.3 Å². The average Bonchev–Trinajstić information content (AvgIpc) is 3.12.